The van der Waals surface area contributed by atoms with Gasteiger partial charge in [0.2, 0.25) is 0 Å². The fourth-order valence-electron chi connectivity index (χ4n) is 2.34. The third kappa shape index (κ3) is 3.94. The Morgan fingerprint density at radius 1 is 1.43 bits per heavy atom. The number of benzene rings is 1. The van der Waals surface area contributed by atoms with Gasteiger partial charge in [-0.2, -0.15) is 5.26 Å². The second-order valence-electron chi connectivity index (χ2n) is 4.86. The van der Waals surface area contributed by atoms with Crippen molar-refractivity contribution in [2.75, 3.05) is 37.7 Å². The molecule has 1 N–H and O–H groups in total. The Labute approximate surface area is 124 Å². The van der Waals surface area contributed by atoms with E-state index in [9.17, 15) is 9.90 Å². The number of hydrogen-bond acceptors (Lipinski definition) is 6. The average molecular weight is 289 g/mol. The number of ether oxygens (including phenoxy) is 1. The molecule has 0 spiro atoms. The zero-order valence-corrected chi connectivity index (χ0v) is 12.0. The van der Waals surface area contributed by atoms with Gasteiger partial charge in [0, 0.05) is 18.8 Å². The maximum Gasteiger partial charge on any atom is 0.320 e. The van der Waals surface area contributed by atoms with Crippen LogP contribution >= 0.6 is 0 Å². The van der Waals surface area contributed by atoms with Gasteiger partial charge < -0.3 is 14.7 Å². The van der Waals surface area contributed by atoms with E-state index in [4.69, 9.17) is 10.00 Å². The largest absolute Gasteiger partial charge is 0.465 e. The lowest BCUT2D eigenvalue weighted by Gasteiger charge is -2.39. The molecule has 112 valence electrons. The number of nitriles is 1. The summed E-state index contributed by atoms with van der Waals surface area (Å²) in [4.78, 5) is 15.2. The molecule has 1 fully saturated rings. The molecule has 1 aromatic rings. The molecule has 1 saturated heterocycles. The molecule has 0 saturated carbocycles. The smallest absolute Gasteiger partial charge is 0.320 e. The predicted molar refractivity (Wildman–Crippen MR) is 77.6 cm³/mol. The van der Waals surface area contributed by atoms with E-state index in [0.717, 1.165) is 5.69 Å². The molecule has 0 radical (unpaired) electrons. The standard InChI is InChI=1S/C15H19N3O3/c1-2-21-15(20)11-18-8-7-17(10-14(18)19)13-5-3-12(9-16)4-6-13/h3-6,14,19H,2,7-8,10-11H2,1H3. The Morgan fingerprint density at radius 3 is 2.71 bits per heavy atom. The molecule has 21 heavy (non-hydrogen) atoms. The van der Waals surface area contributed by atoms with Crippen LogP contribution in [0.3, 0.4) is 0 Å². The third-order valence-electron chi connectivity index (χ3n) is 3.46. The van der Waals surface area contributed by atoms with Crippen molar-refractivity contribution in [3.63, 3.8) is 0 Å². The number of β-amino-alcohol motifs (C(OH)–C–C–N with tert-alkyl or cyclic N) is 1. The molecule has 0 aromatic heterocycles. The second kappa shape index (κ2) is 7.07. The Hall–Kier alpha value is -2.10. The summed E-state index contributed by atoms with van der Waals surface area (Å²) in [6.07, 6.45) is -0.709. The minimum absolute atomic E-state index is 0.107. The Morgan fingerprint density at radius 2 is 2.14 bits per heavy atom. The molecule has 0 bridgehead atoms. The van der Waals surface area contributed by atoms with Crippen molar-refractivity contribution in [3.8, 4) is 6.07 Å². The van der Waals surface area contributed by atoms with E-state index in [1.165, 1.54) is 0 Å². The van der Waals surface area contributed by atoms with E-state index in [-0.39, 0.29) is 12.5 Å². The van der Waals surface area contributed by atoms with Crippen molar-refractivity contribution < 1.29 is 14.6 Å². The van der Waals surface area contributed by atoms with Crippen molar-refractivity contribution in [1.82, 2.24) is 4.90 Å². The molecular weight excluding hydrogens is 270 g/mol. The Bertz CT molecular complexity index is 524. The molecule has 6 heteroatoms. The van der Waals surface area contributed by atoms with Gasteiger partial charge >= 0.3 is 5.97 Å². The maximum atomic E-state index is 11.5. The number of aliphatic hydroxyl groups is 1. The van der Waals surface area contributed by atoms with Crippen LogP contribution in [0.5, 0.6) is 0 Å². The first kappa shape index (κ1) is 15.3. The van der Waals surface area contributed by atoms with E-state index >= 15 is 0 Å². The summed E-state index contributed by atoms with van der Waals surface area (Å²) in [5.74, 6) is -0.316. The zero-order chi connectivity index (χ0) is 15.2. The lowest BCUT2D eigenvalue weighted by atomic mass is 10.2. The first-order valence-electron chi connectivity index (χ1n) is 6.97. The van der Waals surface area contributed by atoms with Crippen LogP contribution in [0.25, 0.3) is 0 Å². The summed E-state index contributed by atoms with van der Waals surface area (Å²) in [5.41, 5.74) is 1.57. The first-order valence-corrected chi connectivity index (χ1v) is 6.97. The van der Waals surface area contributed by atoms with Gasteiger partial charge in [-0.3, -0.25) is 9.69 Å². The number of piperazine rings is 1. The second-order valence-corrected chi connectivity index (χ2v) is 4.86. The van der Waals surface area contributed by atoms with Gasteiger partial charge in [-0.05, 0) is 31.2 Å². The maximum absolute atomic E-state index is 11.5. The van der Waals surface area contributed by atoms with E-state index in [1.54, 1.807) is 24.0 Å². The van der Waals surface area contributed by atoms with Crippen LogP contribution in [0.15, 0.2) is 24.3 Å². The highest BCUT2D eigenvalue weighted by molar-refractivity contribution is 5.71. The van der Waals surface area contributed by atoms with Crippen molar-refractivity contribution in [2.45, 2.75) is 13.2 Å². The van der Waals surface area contributed by atoms with E-state index in [1.807, 2.05) is 17.0 Å². The number of rotatable bonds is 4. The minimum Gasteiger partial charge on any atom is -0.465 e. The van der Waals surface area contributed by atoms with E-state index < -0.39 is 6.23 Å². The normalized spacial score (nSPS) is 19.1. The molecular formula is C15H19N3O3. The van der Waals surface area contributed by atoms with Crippen molar-refractivity contribution in [3.05, 3.63) is 29.8 Å². The Balaban J connectivity index is 1.93. The van der Waals surface area contributed by atoms with Crippen molar-refractivity contribution in [2.24, 2.45) is 0 Å². The monoisotopic (exact) mass is 289 g/mol. The summed E-state index contributed by atoms with van der Waals surface area (Å²) in [5, 5.41) is 18.9. The number of carbonyl (C=O) groups is 1. The van der Waals surface area contributed by atoms with Gasteiger partial charge in [0.25, 0.3) is 0 Å². The highest BCUT2D eigenvalue weighted by Crippen LogP contribution is 2.19. The highest BCUT2D eigenvalue weighted by atomic mass is 16.5. The number of aliphatic hydroxyl groups excluding tert-OH is 1. The van der Waals surface area contributed by atoms with E-state index in [0.29, 0.717) is 31.8 Å². The summed E-state index contributed by atoms with van der Waals surface area (Å²) in [7, 11) is 0. The number of anilines is 1. The summed E-state index contributed by atoms with van der Waals surface area (Å²) in [6.45, 7) is 3.93. The van der Waals surface area contributed by atoms with Gasteiger partial charge in [-0.25, -0.2) is 0 Å². The number of hydrogen-bond donors (Lipinski definition) is 1. The molecule has 6 nitrogen and oxygen atoms in total. The van der Waals surface area contributed by atoms with Crippen LogP contribution in [-0.4, -0.2) is 55.0 Å². The molecule has 1 heterocycles. The minimum atomic E-state index is -0.709. The van der Waals surface area contributed by atoms with Crippen LogP contribution in [0.2, 0.25) is 0 Å². The first-order chi connectivity index (χ1) is 10.1. The molecule has 0 aliphatic carbocycles. The molecule has 1 aliphatic rings. The lowest BCUT2D eigenvalue weighted by Crippen LogP contribution is -2.54. The number of nitrogens with zero attached hydrogens (tertiary/aromatic N) is 3. The van der Waals surface area contributed by atoms with Gasteiger partial charge in [-0.1, -0.05) is 0 Å². The fraction of sp³-hybridized carbons (Fsp3) is 0.467. The van der Waals surface area contributed by atoms with Crippen molar-refractivity contribution in [1.29, 1.82) is 5.26 Å². The van der Waals surface area contributed by atoms with Gasteiger partial charge in [0.1, 0.15) is 6.23 Å². The van der Waals surface area contributed by atoms with Crippen LogP contribution in [0.4, 0.5) is 5.69 Å². The van der Waals surface area contributed by atoms with Crippen LogP contribution in [0.1, 0.15) is 12.5 Å². The highest BCUT2D eigenvalue weighted by Gasteiger charge is 2.27. The summed E-state index contributed by atoms with van der Waals surface area (Å²) >= 11 is 0. The van der Waals surface area contributed by atoms with E-state index in [2.05, 4.69) is 6.07 Å². The average Bonchev–Trinajstić information content (AvgIpc) is 2.50. The number of carbonyl (C=O) groups excluding carboxylic acids is 1. The van der Waals surface area contributed by atoms with Crippen LogP contribution in [0, 0.1) is 11.3 Å². The van der Waals surface area contributed by atoms with Gasteiger partial charge in [0.15, 0.2) is 0 Å². The van der Waals surface area contributed by atoms with Crippen LogP contribution < -0.4 is 4.90 Å². The van der Waals surface area contributed by atoms with Crippen molar-refractivity contribution >= 4 is 11.7 Å². The van der Waals surface area contributed by atoms with Gasteiger partial charge in [0.05, 0.1) is 31.3 Å². The van der Waals surface area contributed by atoms with Crippen LogP contribution in [-0.2, 0) is 9.53 Å². The van der Waals surface area contributed by atoms with Gasteiger partial charge in [-0.15, -0.1) is 0 Å². The molecule has 1 unspecified atom stereocenters. The zero-order valence-electron chi connectivity index (χ0n) is 12.0. The topological polar surface area (TPSA) is 76.8 Å². The predicted octanol–water partition coefficient (Wildman–Crippen LogP) is 0.562. The fourth-order valence-corrected chi connectivity index (χ4v) is 2.34. The number of esters is 1. The quantitative estimate of drug-likeness (QED) is 0.816. The lowest BCUT2D eigenvalue weighted by molar-refractivity contribution is -0.147. The molecule has 1 atom stereocenters. The molecule has 0 amide bonds. The summed E-state index contributed by atoms with van der Waals surface area (Å²) in [6, 6.07) is 9.33. The Kier molecular flexibility index (Phi) is 5.14. The molecule has 1 aromatic carbocycles. The molecule has 2 rings (SSSR count). The molecule has 1 aliphatic heterocycles. The SMILES string of the molecule is CCOC(=O)CN1CCN(c2ccc(C#N)cc2)CC1O. The third-order valence-corrected chi connectivity index (χ3v) is 3.46. The summed E-state index contributed by atoms with van der Waals surface area (Å²) < 4.78 is 4.89.